The molecule has 102 valence electrons. The minimum atomic E-state index is -0.367. The van der Waals surface area contributed by atoms with Gasteiger partial charge in [-0.3, -0.25) is 4.79 Å². The zero-order valence-electron chi connectivity index (χ0n) is 10.4. The molecular weight excluding hydrogens is 256 g/mol. The van der Waals surface area contributed by atoms with Crippen molar-refractivity contribution in [1.82, 2.24) is 0 Å². The van der Waals surface area contributed by atoms with Gasteiger partial charge < -0.3 is 9.47 Å². The molecule has 0 saturated heterocycles. The number of halogens is 1. The summed E-state index contributed by atoms with van der Waals surface area (Å²) in [7, 11) is 0. The van der Waals surface area contributed by atoms with Gasteiger partial charge in [0.2, 0.25) is 0 Å². The van der Waals surface area contributed by atoms with Gasteiger partial charge in [-0.15, -0.1) is 11.6 Å². The van der Waals surface area contributed by atoms with Gasteiger partial charge in [-0.1, -0.05) is 6.58 Å². The summed E-state index contributed by atoms with van der Waals surface area (Å²) in [6, 6.07) is 0. The minimum Gasteiger partial charge on any atom is -0.465 e. The van der Waals surface area contributed by atoms with Crippen LogP contribution in [0, 0.1) is 11.8 Å². The second-order valence-corrected chi connectivity index (χ2v) is 4.80. The lowest BCUT2D eigenvalue weighted by Crippen LogP contribution is -2.23. The lowest BCUT2D eigenvalue weighted by Gasteiger charge is -2.27. The zero-order chi connectivity index (χ0) is 13.4. The molecule has 1 saturated carbocycles. The second-order valence-electron chi connectivity index (χ2n) is 4.54. The highest BCUT2D eigenvalue weighted by molar-refractivity contribution is 6.26. The Morgan fingerprint density at radius 2 is 1.61 bits per heavy atom. The molecule has 0 spiro atoms. The molecule has 4 nitrogen and oxygen atoms in total. The van der Waals surface area contributed by atoms with Crippen molar-refractivity contribution in [3.63, 3.8) is 0 Å². The Balaban J connectivity index is 2.14. The number of rotatable bonds is 6. The van der Waals surface area contributed by atoms with Crippen LogP contribution >= 0.6 is 11.6 Å². The number of hydrogen-bond donors (Lipinski definition) is 0. The fourth-order valence-electron chi connectivity index (χ4n) is 2.07. The highest BCUT2D eigenvalue weighted by Gasteiger charge is 2.22. The molecule has 0 aliphatic heterocycles. The number of alkyl halides is 1. The first kappa shape index (κ1) is 15.0. The average Bonchev–Trinajstić information content (AvgIpc) is 2.43. The van der Waals surface area contributed by atoms with E-state index in [2.05, 4.69) is 6.58 Å². The van der Waals surface area contributed by atoms with Crippen LogP contribution < -0.4 is 0 Å². The van der Waals surface area contributed by atoms with Crippen molar-refractivity contribution < 1.29 is 19.1 Å². The number of carbonyl (C=O) groups excluding carboxylic acids is 2. The van der Waals surface area contributed by atoms with Crippen molar-refractivity contribution in [3.8, 4) is 0 Å². The molecule has 0 aromatic heterocycles. The first-order chi connectivity index (χ1) is 8.65. The normalized spacial score (nSPS) is 23.2. The van der Waals surface area contributed by atoms with E-state index in [0.29, 0.717) is 25.0 Å². The smallest absolute Gasteiger partial charge is 0.330 e. The molecule has 0 N–H and O–H groups in total. The topological polar surface area (TPSA) is 52.6 Å². The van der Waals surface area contributed by atoms with E-state index in [1.165, 1.54) is 6.08 Å². The molecule has 0 bridgehead atoms. The first-order valence-corrected chi connectivity index (χ1v) is 6.70. The molecule has 18 heavy (non-hydrogen) atoms. The third kappa shape index (κ3) is 5.54. The fourth-order valence-corrected chi connectivity index (χ4v) is 2.15. The van der Waals surface area contributed by atoms with Gasteiger partial charge in [-0.2, -0.15) is 0 Å². The number of esters is 2. The van der Waals surface area contributed by atoms with E-state index in [0.717, 1.165) is 25.7 Å². The van der Waals surface area contributed by atoms with Crippen LogP contribution in [0.15, 0.2) is 12.7 Å². The molecule has 0 amide bonds. The molecule has 1 aliphatic carbocycles. The molecule has 0 aromatic carbocycles. The van der Waals surface area contributed by atoms with Crippen molar-refractivity contribution in [2.24, 2.45) is 11.8 Å². The average molecular weight is 275 g/mol. The molecule has 0 atom stereocenters. The Labute approximate surface area is 112 Å². The number of hydrogen-bond acceptors (Lipinski definition) is 4. The molecule has 1 aliphatic rings. The van der Waals surface area contributed by atoms with Crippen LogP contribution in [0.25, 0.3) is 0 Å². The van der Waals surface area contributed by atoms with Crippen molar-refractivity contribution in [2.45, 2.75) is 25.7 Å². The molecule has 1 rings (SSSR count). The van der Waals surface area contributed by atoms with Gasteiger partial charge in [0.05, 0.1) is 13.2 Å². The molecule has 0 heterocycles. The maximum absolute atomic E-state index is 10.9. The van der Waals surface area contributed by atoms with Crippen molar-refractivity contribution in [1.29, 1.82) is 0 Å². The Bertz CT molecular complexity index is 295. The Kier molecular flexibility index (Phi) is 6.80. The van der Waals surface area contributed by atoms with Crippen LogP contribution in [-0.4, -0.2) is 31.0 Å². The second kappa shape index (κ2) is 8.14. The van der Waals surface area contributed by atoms with Gasteiger partial charge in [0, 0.05) is 6.08 Å². The number of carbonyl (C=O) groups is 2. The summed E-state index contributed by atoms with van der Waals surface area (Å²) in [6.45, 7) is 4.26. The first-order valence-electron chi connectivity index (χ1n) is 6.16. The van der Waals surface area contributed by atoms with E-state index < -0.39 is 0 Å². The summed E-state index contributed by atoms with van der Waals surface area (Å²) in [4.78, 5) is 21.8. The third-order valence-electron chi connectivity index (χ3n) is 3.18. The van der Waals surface area contributed by atoms with Gasteiger partial charge in [-0.25, -0.2) is 4.79 Å². The Hall–Kier alpha value is -1.03. The van der Waals surface area contributed by atoms with E-state index >= 15 is 0 Å². The van der Waals surface area contributed by atoms with E-state index in [1.54, 1.807) is 0 Å². The third-order valence-corrected chi connectivity index (χ3v) is 3.40. The highest BCUT2D eigenvalue weighted by atomic mass is 35.5. The van der Waals surface area contributed by atoms with Gasteiger partial charge in [0.15, 0.2) is 0 Å². The summed E-state index contributed by atoms with van der Waals surface area (Å²) in [5.74, 6) is -0.00314. The van der Waals surface area contributed by atoms with Gasteiger partial charge >= 0.3 is 11.9 Å². The lowest BCUT2D eigenvalue weighted by molar-refractivity contribution is -0.143. The maximum atomic E-state index is 10.9. The number of ether oxygens (including phenoxy) is 2. The maximum Gasteiger partial charge on any atom is 0.330 e. The van der Waals surface area contributed by atoms with Gasteiger partial charge in [0.25, 0.3) is 0 Å². The molecular formula is C13H19ClO4. The van der Waals surface area contributed by atoms with E-state index in [9.17, 15) is 9.59 Å². The van der Waals surface area contributed by atoms with Crippen LogP contribution in [0.4, 0.5) is 0 Å². The predicted octanol–water partition coefficient (Wildman–Crippen LogP) is 2.30. The molecule has 0 radical (unpaired) electrons. The van der Waals surface area contributed by atoms with E-state index in [1.807, 2.05) is 0 Å². The molecule has 0 aromatic rings. The van der Waals surface area contributed by atoms with Crippen LogP contribution in [0.1, 0.15) is 25.7 Å². The Morgan fingerprint density at radius 1 is 1.11 bits per heavy atom. The van der Waals surface area contributed by atoms with Crippen LogP contribution in [0.2, 0.25) is 0 Å². The predicted molar refractivity (Wildman–Crippen MR) is 68.3 cm³/mol. The van der Waals surface area contributed by atoms with Gasteiger partial charge in [0.1, 0.15) is 5.88 Å². The molecule has 0 unspecified atom stereocenters. The Morgan fingerprint density at radius 3 is 2.06 bits per heavy atom. The van der Waals surface area contributed by atoms with Gasteiger partial charge in [-0.05, 0) is 37.5 Å². The van der Waals surface area contributed by atoms with E-state index in [4.69, 9.17) is 21.1 Å². The summed E-state index contributed by atoms with van der Waals surface area (Å²) in [5.41, 5.74) is 0. The molecule has 1 fully saturated rings. The quantitative estimate of drug-likeness (QED) is 0.424. The summed E-state index contributed by atoms with van der Waals surface area (Å²) >= 11 is 5.35. The van der Waals surface area contributed by atoms with Crippen molar-refractivity contribution in [2.75, 3.05) is 19.1 Å². The van der Waals surface area contributed by atoms with Crippen LogP contribution in [-0.2, 0) is 19.1 Å². The highest BCUT2D eigenvalue weighted by Crippen LogP contribution is 2.29. The SMILES string of the molecule is C=CC(=O)OCC1CCC(COC(=O)CCl)CC1. The summed E-state index contributed by atoms with van der Waals surface area (Å²) in [5, 5.41) is 0. The zero-order valence-corrected chi connectivity index (χ0v) is 11.2. The molecule has 5 heteroatoms. The summed E-state index contributed by atoms with van der Waals surface area (Å²) < 4.78 is 10.0. The largest absolute Gasteiger partial charge is 0.465 e. The minimum absolute atomic E-state index is 0.0904. The van der Waals surface area contributed by atoms with Crippen molar-refractivity contribution in [3.05, 3.63) is 12.7 Å². The summed E-state index contributed by atoms with van der Waals surface area (Å²) in [6.07, 6.45) is 5.15. The van der Waals surface area contributed by atoms with Crippen LogP contribution in [0.5, 0.6) is 0 Å². The standard InChI is InChI=1S/C13H19ClO4/c1-2-12(15)17-8-10-3-5-11(6-4-10)9-18-13(16)7-14/h2,10-11H,1,3-9H2. The van der Waals surface area contributed by atoms with E-state index in [-0.39, 0.29) is 17.8 Å². The monoisotopic (exact) mass is 274 g/mol. The lowest BCUT2D eigenvalue weighted by atomic mass is 9.83. The van der Waals surface area contributed by atoms with Crippen molar-refractivity contribution >= 4 is 23.5 Å². The fraction of sp³-hybridized carbons (Fsp3) is 0.692. The van der Waals surface area contributed by atoms with Crippen LogP contribution in [0.3, 0.4) is 0 Å².